The lowest BCUT2D eigenvalue weighted by atomic mass is 10.2. The van der Waals surface area contributed by atoms with E-state index in [1.54, 1.807) is 31.4 Å². The molecule has 0 spiro atoms. The van der Waals surface area contributed by atoms with Crippen molar-refractivity contribution in [2.24, 2.45) is 0 Å². The van der Waals surface area contributed by atoms with Gasteiger partial charge in [0.25, 0.3) is 0 Å². The van der Waals surface area contributed by atoms with Crippen LogP contribution < -0.4 is 0 Å². The lowest BCUT2D eigenvalue weighted by Gasteiger charge is -2.39. The summed E-state index contributed by atoms with van der Waals surface area (Å²) in [5, 5.41) is 0. The Labute approximate surface area is 140 Å². The van der Waals surface area contributed by atoms with Crippen molar-refractivity contribution in [3.8, 4) is 0 Å². The maximum absolute atomic E-state index is 12.3. The van der Waals surface area contributed by atoms with Gasteiger partial charge in [-0.2, -0.15) is 0 Å². The van der Waals surface area contributed by atoms with Crippen LogP contribution >= 0.6 is 0 Å². The fraction of sp³-hybridized carbons (Fsp3) is 0.647. The van der Waals surface area contributed by atoms with Crippen molar-refractivity contribution in [3.63, 3.8) is 0 Å². The molecule has 0 bridgehead atoms. The van der Waals surface area contributed by atoms with Crippen molar-refractivity contribution in [1.29, 1.82) is 0 Å². The van der Waals surface area contributed by atoms with Gasteiger partial charge >= 0.3 is 0 Å². The molecule has 1 heterocycles. The molecular formula is C17H28N2O3S. The van der Waals surface area contributed by atoms with Crippen molar-refractivity contribution in [2.45, 2.75) is 24.3 Å². The number of piperazine rings is 1. The quantitative estimate of drug-likeness (QED) is 0.718. The summed E-state index contributed by atoms with van der Waals surface area (Å²) in [6.07, 6.45) is 0.683. The Morgan fingerprint density at radius 1 is 1.17 bits per heavy atom. The van der Waals surface area contributed by atoms with Crippen molar-refractivity contribution in [1.82, 2.24) is 9.80 Å². The Hall–Kier alpha value is -0.950. The molecule has 1 saturated heterocycles. The predicted molar refractivity (Wildman–Crippen MR) is 92.5 cm³/mol. The van der Waals surface area contributed by atoms with E-state index in [9.17, 15) is 8.42 Å². The molecule has 0 aliphatic carbocycles. The first kappa shape index (κ1) is 18.4. The number of hydrogen-bond acceptors (Lipinski definition) is 5. The summed E-state index contributed by atoms with van der Waals surface area (Å²) in [5.41, 5.74) is 0. The van der Waals surface area contributed by atoms with Crippen LogP contribution in [0.25, 0.3) is 0 Å². The van der Waals surface area contributed by atoms with Gasteiger partial charge in [-0.1, -0.05) is 18.2 Å². The summed E-state index contributed by atoms with van der Waals surface area (Å²) in [7, 11) is -1.42. The smallest absolute Gasteiger partial charge is 0.178 e. The first-order valence-corrected chi connectivity index (χ1v) is 9.91. The first-order valence-electron chi connectivity index (χ1n) is 8.26. The van der Waals surface area contributed by atoms with E-state index in [1.165, 1.54) is 0 Å². The number of ether oxygens (including phenoxy) is 1. The van der Waals surface area contributed by atoms with Crippen LogP contribution in [0.3, 0.4) is 0 Å². The van der Waals surface area contributed by atoms with E-state index in [0.29, 0.717) is 17.4 Å². The number of nitrogens with zero attached hydrogens (tertiary/aromatic N) is 2. The van der Waals surface area contributed by atoms with Crippen molar-refractivity contribution < 1.29 is 13.2 Å². The maximum Gasteiger partial charge on any atom is 0.178 e. The second-order valence-corrected chi connectivity index (χ2v) is 8.27. The third-order valence-corrected chi connectivity index (χ3v) is 6.24. The van der Waals surface area contributed by atoms with Gasteiger partial charge in [-0.25, -0.2) is 8.42 Å². The first-order chi connectivity index (χ1) is 11.0. The molecule has 23 heavy (non-hydrogen) atoms. The van der Waals surface area contributed by atoms with E-state index in [2.05, 4.69) is 16.7 Å². The topological polar surface area (TPSA) is 49.9 Å². The Morgan fingerprint density at radius 2 is 1.91 bits per heavy atom. The number of benzene rings is 1. The number of methoxy groups -OCH3 is 1. The normalized spacial score (nSPS) is 20.7. The van der Waals surface area contributed by atoms with Gasteiger partial charge in [0.05, 0.1) is 17.3 Å². The second-order valence-electron chi connectivity index (χ2n) is 6.16. The van der Waals surface area contributed by atoms with Crippen LogP contribution in [0.1, 0.15) is 13.3 Å². The molecule has 6 heteroatoms. The molecule has 5 nitrogen and oxygen atoms in total. The largest absolute Gasteiger partial charge is 0.383 e. The number of rotatable bonds is 8. The summed E-state index contributed by atoms with van der Waals surface area (Å²) in [4.78, 5) is 5.23. The van der Waals surface area contributed by atoms with Crippen LogP contribution in [-0.2, 0) is 14.6 Å². The van der Waals surface area contributed by atoms with Gasteiger partial charge in [-0.3, -0.25) is 4.90 Å². The Bertz CT molecular complexity index is 562. The predicted octanol–water partition coefficient (Wildman–Crippen LogP) is 1.50. The molecule has 1 aromatic carbocycles. The van der Waals surface area contributed by atoms with Crippen molar-refractivity contribution in [2.75, 3.05) is 52.2 Å². The number of sulfone groups is 1. The monoisotopic (exact) mass is 340 g/mol. The van der Waals surface area contributed by atoms with E-state index in [4.69, 9.17) is 4.74 Å². The zero-order chi connectivity index (χ0) is 16.7. The SMILES string of the molecule is COCCN1CCN(CCCS(=O)(=O)c2ccccc2)C[C@H]1C. The van der Waals surface area contributed by atoms with Crippen LogP contribution in [-0.4, -0.2) is 76.5 Å². The highest BCUT2D eigenvalue weighted by Gasteiger charge is 2.23. The van der Waals surface area contributed by atoms with Crippen LogP contribution in [0.15, 0.2) is 35.2 Å². The zero-order valence-electron chi connectivity index (χ0n) is 14.1. The second kappa shape index (κ2) is 8.78. The summed E-state index contributed by atoms with van der Waals surface area (Å²) in [5.74, 6) is 0.218. The van der Waals surface area contributed by atoms with Gasteiger partial charge in [-0.05, 0) is 32.0 Å². The van der Waals surface area contributed by atoms with Gasteiger partial charge in [-0.15, -0.1) is 0 Å². The molecule has 0 amide bonds. The summed E-state index contributed by atoms with van der Waals surface area (Å²) >= 11 is 0. The Morgan fingerprint density at radius 3 is 2.57 bits per heavy atom. The van der Waals surface area contributed by atoms with Gasteiger partial charge < -0.3 is 9.64 Å². The van der Waals surface area contributed by atoms with Crippen LogP contribution in [0, 0.1) is 0 Å². The minimum atomic E-state index is -3.15. The average molecular weight is 340 g/mol. The van der Waals surface area contributed by atoms with E-state index < -0.39 is 9.84 Å². The van der Waals surface area contributed by atoms with Crippen molar-refractivity contribution in [3.05, 3.63) is 30.3 Å². The highest BCUT2D eigenvalue weighted by molar-refractivity contribution is 7.91. The summed E-state index contributed by atoms with van der Waals surface area (Å²) in [6, 6.07) is 9.22. The molecule has 0 radical (unpaired) electrons. The molecule has 0 N–H and O–H groups in total. The van der Waals surface area contributed by atoms with E-state index >= 15 is 0 Å². The van der Waals surface area contributed by atoms with Crippen LogP contribution in [0.4, 0.5) is 0 Å². The molecule has 1 aromatic rings. The molecule has 1 fully saturated rings. The average Bonchev–Trinajstić information content (AvgIpc) is 2.55. The standard InChI is InChI=1S/C17H28N2O3S/c1-16-15-18(10-11-19(16)12-13-22-2)9-6-14-23(20,21)17-7-4-3-5-8-17/h3-5,7-8,16H,6,9-15H2,1-2H3/t16-/m1/s1. The highest BCUT2D eigenvalue weighted by Crippen LogP contribution is 2.13. The minimum Gasteiger partial charge on any atom is -0.383 e. The van der Waals surface area contributed by atoms with Crippen LogP contribution in [0.5, 0.6) is 0 Å². The van der Waals surface area contributed by atoms with E-state index in [1.807, 2.05) is 6.07 Å². The lowest BCUT2D eigenvalue weighted by molar-refractivity contribution is 0.0592. The molecular weight excluding hydrogens is 312 g/mol. The fourth-order valence-corrected chi connectivity index (χ4v) is 4.36. The minimum absolute atomic E-state index is 0.218. The third-order valence-electron chi connectivity index (χ3n) is 4.42. The summed E-state index contributed by atoms with van der Waals surface area (Å²) < 4.78 is 29.7. The van der Waals surface area contributed by atoms with Gasteiger partial charge in [0.15, 0.2) is 9.84 Å². The third kappa shape index (κ3) is 5.57. The molecule has 1 aliphatic rings. The fourth-order valence-electron chi connectivity index (χ4n) is 3.04. The lowest BCUT2D eigenvalue weighted by Crippen LogP contribution is -2.52. The Balaban J connectivity index is 1.75. The van der Waals surface area contributed by atoms with Crippen molar-refractivity contribution >= 4 is 9.84 Å². The van der Waals surface area contributed by atoms with E-state index in [0.717, 1.165) is 39.3 Å². The number of hydrogen-bond donors (Lipinski definition) is 0. The Kier molecular flexibility index (Phi) is 7.02. The molecule has 130 valence electrons. The summed E-state index contributed by atoms with van der Waals surface area (Å²) in [6.45, 7) is 7.81. The zero-order valence-corrected chi connectivity index (χ0v) is 15.0. The van der Waals surface area contributed by atoms with E-state index in [-0.39, 0.29) is 5.75 Å². The molecule has 1 atom stereocenters. The molecule has 0 saturated carbocycles. The maximum atomic E-state index is 12.3. The molecule has 0 unspecified atom stereocenters. The molecule has 2 rings (SSSR count). The van der Waals surface area contributed by atoms with Gasteiger partial charge in [0.1, 0.15) is 0 Å². The highest BCUT2D eigenvalue weighted by atomic mass is 32.2. The molecule has 1 aliphatic heterocycles. The molecule has 0 aromatic heterocycles. The van der Waals surface area contributed by atoms with Crippen LogP contribution in [0.2, 0.25) is 0 Å². The van der Waals surface area contributed by atoms with Gasteiger partial charge in [0, 0.05) is 39.3 Å². The van der Waals surface area contributed by atoms with Gasteiger partial charge in [0.2, 0.25) is 0 Å².